The largest absolute Gasteiger partial charge is 0.480 e. The molecule has 0 radical (unpaired) electrons. The molecule has 0 aliphatic rings. The zero-order valence-electron chi connectivity index (χ0n) is 22.8. The van der Waals surface area contributed by atoms with Gasteiger partial charge in [0.15, 0.2) is 13.2 Å². The lowest BCUT2D eigenvalue weighted by atomic mass is 10.2. The molecule has 0 spiro atoms. The van der Waals surface area contributed by atoms with Crippen molar-refractivity contribution in [3.8, 4) is 0 Å². The number of rotatable bonds is 17. The highest BCUT2D eigenvalue weighted by molar-refractivity contribution is 5.92. The Morgan fingerprint density at radius 3 is 1.30 bits per heavy atom. The van der Waals surface area contributed by atoms with E-state index >= 15 is 0 Å². The summed E-state index contributed by atoms with van der Waals surface area (Å²) in [6, 6.07) is 11.0. The lowest BCUT2D eigenvalue weighted by Gasteiger charge is -2.20. The fraction of sp³-hybridized carbons (Fsp3) is 0.296. The average Bonchev–Trinajstić information content (AvgIpc) is 2.95. The summed E-state index contributed by atoms with van der Waals surface area (Å²) in [6.45, 7) is -3.61. The first-order chi connectivity index (χ1) is 20.3. The Hall–Kier alpha value is -5.67. The third-order valence-electron chi connectivity index (χ3n) is 5.29. The van der Waals surface area contributed by atoms with Gasteiger partial charge >= 0.3 is 41.8 Å². The Bertz CT molecular complexity index is 1310. The molecule has 0 saturated carbocycles. The van der Waals surface area contributed by atoms with Crippen LogP contribution in [0.5, 0.6) is 0 Å². The zero-order valence-corrected chi connectivity index (χ0v) is 22.8. The summed E-state index contributed by atoms with van der Waals surface area (Å²) in [5, 5.41) is 26.7. The summed E-state index contributed by atoms with van der Waals surface area (Å²) in [7, 11) is 1.57. The third-order valence-corrected chi connectivity index (χ3v) is 5.29. The van der Waals surface area contributed by atoms with E-state index < -0.39 is 68.1 Å². The van der Waals surface area contributed by atoms with Crippen molar-refractivity contribution in [1.29, 1.82) is 0 Å². The summed E-state index contributed by atoms with van der Waals surface area (Å²) in [4.78, 5) is 83.0. The van der Waals surface area contributed by atoms with Crippen molar-refractivity contribution in [2.24, 2.45) is 0 Å². The van der Waals surface area contributed by atoms with Crippen molar-refractivity contribution in [3.63, 3.8) is 0 Å². The SMILES string of the molecule is CN(CC(=O)O)c1ccc(C(=O)OCC(=O)OCCOC(=O)COC(=O)c2ccc(N(CC(=O)O)CC(=O)O)cc2)cc1. The van der Waals surface area contributed by atoms with Crippen LogP contribution in [0.4, 0.5) is 11.4 Å². The highest BCUT2D eigenvalue weighted by Crippen LogP contribution is 2.16. The van der Waals surface area contributed by atoms with Crippen LogP contribution >= 0.6 is 0 Å². The molecule has 2 aromatic carbocycles. The molecular formula is C27H28N2O14. The smallest absolute Gasteiger partial charge is 0.344 e. The molecule has 0 atom stereocenters. The summed E-state index contributed by atoms with van der Waals surface area (Å²) in [5.41, 5.74) is 0.921. The second-order valence-electron chi connectivity index (χ2n) is 8.58. The molecule has 3 N–H and O–H groups in total. The third kappa shape index (κ3) is 12.2. The van der Waals surface area contributed by atoms with Crippen molar-refractivity contribution in [2.45, 2.75) is 0 Å². The average molecular weight is 605 g/mol. The van der Waals surface area contributed by atoms with Crippen molar-refractivity contribution < 1.29 is 67.8 Å². The molecule has 0 heterocycles. The van der Waals surface area contributed by atoms with Crippen LogP contribution in [0, 0.1) is 0 Å². The van der Waals surface area contributed by atoms with Crippen LogP contribution in [-0.2, 0) is 42.9 Å². The molecule has 0 unspecified atom stereocenters. The highest BCUT2D eigenvalue weighted by atomic mass is 16.6. The van der Waals surface area contributed by atoms with Crippen LogP contribution in [0.2, 0.25) is 0 Å². The Kier molecular flexibility index (Phi) is 12.9. The Morgan fingerprint density at radius 2 is 0.930 bits per heavy atom. The zero-order chi connectivity index (χ0) is 31.9. The van der Waals surface area contributed by atoms with Crippen molar-refractivity contribution in [3.05, 3.63) is 59.7 Å². The number of carboxylic acids is 3. The molecule has 0 amide bonds. The van der Waals surface area contributed by atoms with Gasteiger partial charge in [-0.05, 0) is 48.5 Å². The molecular weight excluding hydrogens is 576 g/mol. The van der Waals surface area contributed by atoms with E-state index in [0.717, 1.165) is 4.90 Å². The number of aliphatic carboxylic acids is 3. The van der Waals surface area contributed by atoms with E-state index in [9.17, 15) is 33.6 Å². The number of hydrogen-bond acceptors (Lipinski definition) is 13. The number of benzene rings is 2. The van der Waals surface area contributed by atoms with E-state index in [1.165, 1.54) is 53.4 Å². The quantitative estimate of drug-likeness (QED) is 0.125. The molecule has 0 aliphatic heterocycles. The Labute approximate surface area is 243 Å². The van der Waals surface area contributed by atoms with Crippen LogP contribution in [-0.4, -0.2) is 110 Å². The van der Waals surface area contributed by atoms with E-state index in [1.807, 2.05) is 0 Å². The molecule has 16 nitrogen and oxygen atoms in total. The van der Waals surface area contributed by atoms with Crippen LogP contribution in [0.15, 0.2) is 48.5 Å². The Morgan fingerprint density at radius 1 is 0.558 bits per heavy atom. The van der Waals surface area contributed by atoms with E-state index in [1.54, 1.807) is 7.05 Å². The maximum Gasteiger partial charge on any atom is 0.344 e. The minimum Gasteiger partial charge on any atom is -0.480 e. The molecule has 43 heavy (non-hydrogen) atoms. The molecule has 0 aromatic heterocycles. The van der Waals surface area contributed by atoms with Gasteiger partial charge in [0.2, 0.25) is 0 Å². The standard InChI is InChI=1S/C27H28N2O14/c1-28(12-21(30)31)19-6-2-17(3-7-19)26(38)42-15-24(36)40-10-11-41-25(37)16-43-27(39)18-4-8-20(9-5-18)29(13-22(32)33)14-23(34)35/h2-9H,10-16H2,1H3,(H,30,31)(H,32,33)(H,34,35). The van der Waals surface area contributed by atoms with Gasteiger partial charge < -0.3 is 44.1 Å². The molecule has 230 valence electrons. The van der Waals surface area contributed by atoms with E-state index in [4.69, 9.17) is 34.3 Å². The number of carbonyl (C=O) groups excluding carboxylic acids is 4. The second kappa shape index (κ2) is 16.6. The Balaban J connectivity index is 1.67. The van der Waals surface area contributed by atoms with Gasteiger partial charge in [0.05, 0.1) is 11.1 Å². The van der Waals surface area contributed by atoms with Gasteiger partial charge in [0.25, 0.3) is 0 Å². The number of ether oxygens (including phenoxy) is 4. The van der Waals surface area contributed by atoms with Gasteiger partial charge in [-0.3, -0.25) is 14.4 Å². The number of esters is 4. The van der Waals surface area contributed by atoms with Crippen molar-refractivity contribution in [1.82, 2.24) is 0 Å². The fourth-order valence-corrected chi connectivity index (χ4v) is 3.33. The summed E-state index contributed by atoms with van der Waals surface area (Å²) >= 11 is 0. The fourth-order valence-electron chi connectivity index (χ4n) is 3.33. The van der Waals surface area contributed by atoms with Gasteiger partial charge in [-0.25, -0.2) is 19.2 Å². The van der Waals surface area contributed by atoms with Gasteiger partial charge in [0.1, 0.15) is 32.8 Å². The maximum absolute atomic E-state index is 12.2. The first-order valence-corrected chi connectivity index (χ1v) is 12.3. The van der Waals surface area contributed by atoms with E-state index in [0.29, 0.717) is 5.69 Å². The van der Waals surface area contributed by atoms with Crippen molar-refractivity contribution >= 4 is 53.2 Å². The topological polar surface area (TPSA) is 224 Å². The minimum absolute atomic E-state index is 0.00657. The van der Waals surface area contributed by atoms with Gasteiger partial charge in [0, 0.05) is 18.4 Å². The monoisotopic (exact) mass is 604 g/mol. The van der Waals surface area contributed by atoms with Gasteiger partial charge in [-0.2, -0.15) is 0 Å². The molecule has 16 heteroatoms. The van der Waals surface area contributed by atoms with Gasteiger partial charge in [-0.15, -0.1) is 0 Å². The number of likely N-dealkylation sites (N-methyl/N-ethyl adjacent to an activating group) is 1. The molecule has 0 saturated heterocycles. The lowest BCUT2D eigenvalue weighted by molar-refractivity contribution is -0.155. The normalized spacial score (nSPS) is 10.2. The molecule has 0 fully saturated rings. The van der Waals surface area contributed by atoms with Gasteiger partial charge in [-0.1, -0.05) is 0 Å². The molecule has 0 aliphatic carbocycles. The van der Waals surface area contributed by atoms with Crippen molar-refractivity contribution in [2.75, 3.05) is 62.9 Å². The van der Waals surface area contributed by atoms with Crippen LogP contribution in [0.3, 0.4) is 0 Å². The van der Waals surface area contributed by atoms with E-state index in [-0.39, 0.29) is 36.6 Å². The summed E-state index contributed by atoms with van der Waals surface area (Å²) in [5.74, 6) is -7.09. The number of anilines is 2. The predicted octanol–water partition coefficient (Wildman–Crippen LogP) is 0.283. The first kappa shape index (κ1) is 33.5. The summed E-state index contributed by atoms with van der Waals surface area (Å²) in [6.07, 6.45) is 0. The second-order valence-corrected chi connectivity index (χ2v) is 8.58. The number of hydrogen-bond donors (Lipinski definition) is 3. The molecule has 2 rings (SSSR count). The molecule has 2 aromatic rings. The summed E-state index contributed by atoms with van der Waals surface area (Å²) < 4.78 is 19.3. The lowest BCUT2D eigenvalue weighted by Crippen LogP contribution is -2.34. The minimum atomic E-state index is -1.25. The number of carbonyl (C=O) groups is 7. The van der Waals surface area contributed by atoms with Crippen LogP contribution in [0.25, 0.3) is 0 Å². The number of carboxylic acid groups (broad SMARTS) is 3. The molecule has 0 bridgehead atoms. The predicted molar refractivity (Wildman–Crippen MR) is 144 cm³/mol. The maximum atomic E-state index is 12.2. The highest BCUT2D eigenvalue weighted by Gasteiger charge is 2.17. The van der Waals surface area contributed by atoms with Crippen LogP contribution in [0.1, 0.15) is 20.7 Å². The van der Waals surface area contributed by atoms with Crippen LogP contribution < -0.4 is 9.80 Å². The van der Waals surface area contributed by atoms with E-state index in [2.05, 4.69) is 0 Å². The first-order valence-electron chi connectivity index (χ1n) is 12.3. The number of nitrogens with zero attached hydrogens (tertiary/aromatic N) is 2.